The van der Waals surface area contributed by atoms with Crippen LogP contribution in [0.2, 0.25) is 0 Å². The summed E-state index contributed by atoms with van der Waals surface area (Å²) < 4.78 is 24.4. The van der Waals surface area contributed by atoms with Crippen molar-refractivity contribution < 1.29 is 13.9 Å². The first kappa shape index (κ1) is 15.5. The highest BCUT2D eigenvalue weighted by atomic mass is 19.1. The third-order valence-corrected chi connectivity index (χ3v) is 2.14. The average Bonchev–Trinajstić information content (AvgIpc) is 2.33. The van der Waals surface area contributed by atoms with Gasteiger partial charge in [0.15, 0.2) is 11.6 Å². The number of hydrogen-bond acceptors (Lipinski definition) is 3. The molecule has 1 rings (SSSR count). The van der Waals surface area contributed by atoms with E-state index in [9.17, 15) is 4.39 Å². The molecule has 104 valence electrons. The fourth-order valence-corrected chi connectivity index (χ4v) is 1.34. The molecule has 19 heavy (non-hydrogen) atoms. The van der Waals surface area contributed by atoms with Gasteiger partial charge in [0, 0.05) is 5.56 Å². The molecule has 0 unspecified atom stereocenters. The monoisotopic (exact) mass is 265 g/mol. The van der Waals surface area contributed by atoms with Gasteiger partial charge in [-0.15, -0.1) is 0 Å². The van der Waals surface area contributed by atoms with Gasteiger partial charge in [-0.05, 0) is 39.0 Å². The van der Waals surface area contributed by atoms with Crippen molar-refractivity contribution in [1.82, 2.24) is 0 Å². The molecule has 1 aromatic carbocycles. The van der Waals surface area contributed by atoms with Gasteiger partial charge in [-0.3, -0.25) is 0 Å². The molecule has 0 amide bonds. The minimum absolute atomic E-state index is 0.182. The smallest absolute Gasteiger partial charge is 0.165 e. The van der Waals surface area contributed by atoms with Crippen LogP contribution < -0.4 is 10.5 Å². The van der Waals surface area contributed by atoms with Crippen molar-refractivity contribution in [2.24, 2.45) is 5.73 Å². The van der Waals surface area contributed by atoms with Crippen LogP contribution >= 0.6 is 0 Å². The predicted octanol–water partition coefficient (Wildman–Crippen LogP) is 2.33. The van der Waals surface area contributed by atoms with Gasteiger partial charge in [0.2, 0.25) is 0 Å². The van der Waals surface area contributed by atoms with Crippen molar-refractivity contribution in [3.63, 3.8) is 0 Å². The molecule has 0 bridgehead atoms. The van der Waals surface area contributed by atoms with E-state index >= 15 is 0 Å². The molecule has 0 aliphatic carbocycles. The Hall–Kier alpha value is -1.57. The van der Waals surface area contributed by atoms with Crippen LogP contribution in [0.4, 0.5) is 4.39 Å². The zero-order valence-corrected chi connectivity index (χ0v) is 11.6. The second-order valence-corrected chi connectivity index (χ2v) is 4.96. The maximum atomic E-state index is 13.5. The number of hydrogen-bond donors (Lipinski definition) is 1. The fraction of sp³-hybridized carbons (Fsp3) is 0.467. The van der Waals surface area contributed by atoms with Crippen LogP contribution in [0.5, 0.6) is 5.75 Å². The van der Waals surface area contributed by atoms with Crippen molar-refractivity contribution in [3.8, 4) is 17.6 Å². The Labute approximate surface area is 113 Å². The van der Waals surface area contributed by atoms with Crippen LogP contribution in [0, 0.1) is 17.7 Å². The van der Waals surface area contributed by atoms with E-state index in [1.165, 1.54) is 6.07 Å². The summed E-state index contributed by atoms with van der Waals surface area (Å²) in [6.07, 6.45) is 0. The summed E-state index contributed by atoms with van der Waals surface area (Å²) >= 11 is 0. The van der Waals surface area contributed by atoms with E-state index in [0.717, 1.165) is 0 Å². The first-order valence-electron chi connectivity index (χ1n) is 6.17. The molecular formula is C15H20FNO2. The summed E-state index contributed by atoms with van der Waals surface area (Å²) in [5.41, 5.74) is 5.74. The highest BCUT2D eigenvalue weighted by molar-refractivity contribution is 5.40. The Morgan fingerprint density at radius 1 is 1.26 bits per heavy atom. The number of ether oxygens (including phenoxy) is 2. The lowest BCUT2D eigenvalue weighted by Crippen LogP contribution is -2.22. The normalized spacial score (nSPS) is 10.8. The van der Waals surface area contributed by atoms with Crippen LogP contribution in [0.1, 0.15) is 26.3 Å². The standard InChI is InChI=1S/C15H20FNO2/c1-15(2,3)19-10-9-18-14-11-12(5-4-8-17)6-7-13(14)16/h6-7,11H,8-10,17H2,1-3H3. The van der Waals surface area contributed by atoms with E-state index in [-0.39, 0.29) is 17.9 Å². The first-order valence-corrected chi connectivity index (χ1v) is 6.17. The highest BCUT2D eigenvalue weighted by Crippen LogP contribution is 2.18. The van der Waals surface area contributed by atoms with Crippen LogP contribution in [0.15, 0.2) is 18.2 Å². The minimum atomic E-state index is -0.408. The van der Waals surface area contributed by atoms with E-state index < -0.39 is 5.82 Å². The second kappa shape index (κ2) is 7.13. The zero-order chi connectivity index (χ0) is 14.3. The minimum Gasteiger partial charge on any atom is -0.488 e. The van der Waals surface area contributed by atoms with Crippen LogP contribution in [0.3, 0.4) is 0 Å². The van der Waals surface area contributed by atoms with Gasteiger partial charge in [0.25, 0.3) is 0 Å². The summed E-state index contributed by atoms with van der Waals surface area (Å²) in [6.45, 7) is 6.83. The zero-order valence-electron chi connectivity index (χ0n) is 11.6. The Kier molecular flexibility index (Phi) is 5.81. The quantitative estimate of drug-likeness (QED) is 0.671. The molecule has 0 spiro atoms. The van der Waals surface area contributed by atoms with Crippen molar-refractivity contribution in [2.75, 3.05) is 19.8 Å². The first-order chi connectivity index (χ1) is 8.92. The lowest BCUT2D eigenvalue weighted by atomic mass is 10.2. The van der Waals surface area contributed by atoms with Gasteiger partial charge >= 0.3 is 0 Å². The van der Waals surface area contributed by atoms with E-state index in [0.29, 0.717) is 18.8 Å². The molecule has 0 fully saturated rings. The third kappa shape index (κ3) is 6.23. The summed E-state index contributed by atoms with van der Waals surface area (Å²) in [6, 6.07) is 4.49. The third-order valence-electron chi connectivity index (χ3n) is 2.14. The Bertz CT molecular complexity index is 469. The molecule has 0 heterocycles. The van der Waals surface area contributed by atoms with Crippen molar-refractivity contribution in [2.45, 2.75) is 26.4 Å². The molecular weight excluding hydrogens is 245 g/mol. The summed E-state index contributed by atoms with van der Waals surface area (Å²) in [5, 5.41) is 0. The number of halogens is 1. The molecule has 0 aliphatic heterocycles. The average molecular weight is 265 g/mol. The number of rotatable bonds is 4. The maximum Gasteiger partial charge on any atom is 0.165 e. The van der Waals surface area contributed by atoms with E-state index in [1.54, 1.807) is 12.1 Å². The molecule has 0 saturated carbocycles. The lowest BCUT2D eigenvalue weighted by molar-refractivity contribution is -0.0166. The van der Waals surface area contributed by atoms with Crippen molar-refractivity contribution in [1.29, 1.82) is 0 Å². The number of benzene rings is 1. The maximum absolute atomic E-state index is 13.5. The fourth-order valence-electron chi connectivity index (χ4n) is 1.34. The van der Waals surface area contributed by atoms with E-state index in [4.69, 9.17) is 15.2 Å². The van der Waals surface area contributed by atoms with E-state index in [1.807, 2.05) is 20.8 Å². The lowest BCUT2D eigenvalue weighted by Gasteiger charge is -2.19. The van der Waals surface area contributed by atoms with Crippen LogP contribution in [-0.4, -0.2) is 25.4 Å². The largest absolute Gasteiger partial charge is 0.488 e. The van der Waals surface area contributed by atoms with Gasteiger partial charge < -0.3 is 15.2 Å². The van der Waals surface area contributed by atoms with Gasteiger partial charge in [0.05, 0.1) is 18.8 Å². The molecule has 4 heteroatoms. The Balaban J connectivity index is 2.57. The molecule has 0 atom stereocenters. The number of nitrogens with two attached hydrogens (primary N) is 1. The summed E-state index contributed by atoms with van der Waals surface area (Å²) in [5.74, 6) is 5.32. The highest BCUT2D eigenvalue weighted by Gasteiger charge is 2.10. The molecule has 0 saturated heterocycles. The van der Waals surface area contributed by atoms with Crippen molar-refractivity contribution >= 4 is 0 Å². The SMILES string of the molecule is CC(C)(C)OCCOc1cc(C#CCN)ccc1F. The van der Waals surface area contributed by atoms with Gasteiger partial charge in [-0.25, -0.2) is 4.39 Å². The topological polar surface area (TPSA) is 44.5 Å². The summed E-state index contributed by atoms with van der Waals surface area (Å²) in [4.78, 5) is 0. The molecule has 0 aromatic heterocycles. The molecule has 3 nitrogen and oxygen atoms in total. The van der Waals surface area contributed by atoms with Crippen molar-refractivity contribution in [3.05, 3.63) is 29.6 Å². The second-order valence-electron chi connectivity index (χ2n) is 4.96. The van der Waals surface area contributed by atoms with Crippen LogP contribution in [-0.2, 0) is 4.74 Å². The van der Waals surface area contributed by atoms with Gasteiger partial charge in [-0.2, -0.15) is 0 Å². The summed E-state index contributed by atoms with van der Waals surface area (Å²) in [7, 11) is 0. The molecule has 2 N–H and O–H groups in total. The van der Waals surface area contributed by atoms with Gasteiger partial charge in [0.1, 0.15) is 6.61 Å². The van der Waals surface area contributed by atoms with Crippen LogP contribution in [0.25, 0.3) is 0 Å². The Morgan fingerprint density at radius 2 is 2.00 bits per heavy atom. The predicted molar refractivity (Wildman–Crippen MR) is 73.5 cm³/mol. The molecule has 0 aliphatic rings. The van der Waals surface area contributed by atoms with Gasteiger partial charge in [-0.1, -0.05) is 11.8 Å². The molecule has 0 radical (unpaired) electrons. The Morgan fingerprint density at radius 3 is 2.63 bits per heavy atom. The molecule has 1 aromatic rings. The van der Waals surface area contributed by atoms with E-state index in [2.05, 4.69) is 11.8 Å².